The molecule has 0 aliphatic rings. The molecule has 0 aromatic rings. The van der Waals surface area contributed by atoms with Gasteiger partial charge in [0.15, 0.2) is 12.2 Å². The fourth-order valence-electron chi connectivity index (χ4n) is 10.2. The molecule has 0 aliphatic carbocycles. The predicted octanol–water partition coefficient (Wildman–Crippen LogP) is 19.2. The van der Waals surface area contributed by atoms with Crippen molar-refractivity contribution in [1.82, 2.24) is 0 Å². The summed E-state index contributed by atoms with van der Waals surface area (Å²) in [6.07, 6.45) is 44.5. The van der Waals surface area contributed by atoms with Gasteiger partial charge in [-0.1, -0.05) is 292 Å². The first kappa shape index (κ1) is 85.1. The van der Waals surface area contributed by atoms with Crippen LogP contribution in [0.3, 0.4) is 0 Å². The molecule has 0 fully saturated rings. The molecule has 0 aromatic carbocycles. The molecule has 2 unspecified atom stereocenters. The second-order valence-corrected chi connectivity index (χ2v) is 28.4. The van der Waals surface area contributed by atoms with Crippen LogP contribution in [0.2, 0.25) is 0 Å². The average molecular weight is 1280 g/mol. The molecule has 0 saturated heterocycles. The maximum Gasteiger partial charge on any atom is 0.472 e. The van der Waals surface area contributed by atoms with Crippen LogP contribution in [-0.4, -0.2) is 96.7 Å². The lowest BCUT2D eigenvalue weighted by molar-refractivity contribution is -0.161. The number of ether oxygens (including phenoxy) is 4. The molecule has 0 spiro atoms. The van der Waals surface area contributed by atoms with Gasteiger partial charge >= 0.3 is 39.5 Å². The molecule has 0 aliphatic heterocycles. The molecule has 17 nitrogen and oxygen atoms in total. The molecule has 19 heteroatoms. The molecule has 0 saturated carbocycles. The van der Waals surface area contributed by atoms with Crippen molar-refractivity contribution in [1.29, 1.82) is 0 Å². The van der Waals surface area contributed by atoms with Crippen molar-refractivity contribution in [3.63, 3.8) is 0 Å². The van der Waals surface area contributed by atoms with Gasteiger partial charge in [-0.15, -0.1) is 0 Å². The van der Waals surface area contributed by atoms with Crippen LogP contribution in [0.4, 0.5) is 0 Å². The van der Waals surface area contributed by atoms with Gasteiger partial charge in [-0.3, -0.25) is 37.3 Å². The van der Waals surface area contributed by atoms with Gasteiger partial charge in [0.05, 0.1) is 26.4 Å². The van der Waals surface area contributed by atoms with E-state index in [0.717, 1.165) is 115 Å². The second-order valence-electron chi connectivity index (χ2n) is 25.5. The lowest BCUT2D eigenvalue weighted by Gasteiger charge is -2.21. The van der Waals surface area contributed by atoms with E-state index >= 15 is 0 Å². The van der Waals surface area contributed by atoms with Crippen molar-refractivity contribution in [3.8, 4) is 0 Å². The van der Waals surface area contributed by atoms with Crippen molar-refractivity contribution in [3.05, 3.63) is 0 Å². The Labute approximate surface area is 530 Å². The topological polar surface area (TPSA) is 237 Å². The van der Waals surface area contributed by atoms with Crippen LogP contribution in [0.1, 0.15) is 343 Å². The number of aliphatic hydroxyl groups is 1. The molecular formula is C68H132O17P2. The summed E-state index contributed by atoms with van der Waals surface area (Å²) in [6.45, 7) is 9.46. The molecule has 3 N–H and O–H groups in total. The number of phosphoric ester groups is 2. The third-order valence-electron chi connectivity index (χ3n) is 15.7. The van der Waals surface area contributed by atoms with Gasteiger partial charge in [-0.2, -0.15) is 0 Å². The lowest BCUT2D eigenvalue weighted by Crippen LogP contribution is -2.30. The zero-order chi connectivity index (χ0) is 64.3. The Bertz CT molecular complexity index is 1700. The van der Waals surface area contributed by atoms with E-state index in [0.29, 0.717) is 25.7 Å². The van der Waals surface area contributed by atoms with E-state index in [4.69, 9.17) is 37.0 Å². The Morgan fingerprint density at radius 1 is 0.310 bits per heavy atom. The highest BCUT2D eigenvalue weighted by Gasteiger charge is 2.30. The van der Waals surface area contributed by atoms with E-state index < -0.39 is 97.5 Å². The summed E-state index contributed by atoms with van der Waals surface area (Å²) in [4.78, 5) is 72.3. The molecule has 0 amide bonds. The number of hydrogen-bond donors (Lipinski definition) is 3. The molecule has 0 aromatic heterocycles. The third-order valence-corrected chi connectivity index (χ3v) is 17.6. The number of esters is 4. The maximum atomic E-state index is 13.0. The third kappa shape index (κ3) is 62.6. The Kier molecular flexibility index (Phi) is 59.0. The first-order chi connectivity index (χ1) is 41.9. The van der Waals surface area contributed by atoms with E-state index in [1.165, 1.54) is 148 Å². The van der Waals surface area contributed by atoms with Crippen molar-refractivity contribution < 1.29 is 80.2 Å². The van der Waals surface area contributed by atoms with E-state index in [-0.39, 0.29) is 25.7 Å². The van der Waals surface area contributed by atoms with Gasteiger partial charge in [-0.25, -0.2) is 9.13 Å². The highest BCUT2D eigenvalue weighted by molar-refractivity contribution is 7.47. The monoisotopic (exact) mass is 1280 g/mol. The Morgan fingerprint density at radius 2 is 0.529 bits per heavy atom. The van der Waals surface area contributed by atoms with Gasteiger partial charge in [0, 0.05) is 25.7 Å². The van der Waals surface area contributed by atoms with Crippen LogP contribution in [0.15, 0.2) is 0 Å². The fraction of sp³-hybridized carbons (Fsp3) is 0.941. The van der Waals surface area contributed by atoms with Gasteiger partial charge in [0.25, 0.3) is 0 Å². The number of carbonyl (C=O) groups excluding carboxylic acids is 4. The minimum absolute atomic E-state index is 0.104. The van der Waals surface area contributed by atoms with Gasteiger partial charge in [0.2, 0.25) is 0 Å². The van der Waals surface area contributed by atoms with Crippen LogP contribution < -0.4 is 0 Å². The largest absolute Gasteiger partial charge is 0.472 e. The first-order valence-electron chi connectivity index (χ1n) is 35.5. The smallest absolute Gasteiger partial charge is 0.462 e. The summed E-state index contributed by atoms with van der Waals surface area (Å²) < 4.78 is 68.1. The standard InChI is InChI=1S/C68H132O17P2/c1-7-9-11-13-15-16-17-18-19-20-23-27-34-40-46-52-67(72)84-64(57-79-66(71)51-45-39-33-26-24-21-22-25-31-36-42-48-60(3)4)59-83-87(76,77)81-55-62(69)54-80-86(74,75)82-58-63(56-78-65(70)50-44-38-30-14-12-10-8-2)85-68(73)53-47-41-35-29-28-32-37-43-49-61(5)6/h60-64,69H,7-59H2,1-6H3,(H,74,75)(H,76,77)/t62-,63+,64+/m0/s1. The summed E-state index contributed by atoms with van der Waals surface area (Å²) >= 11 is 0. The molecule has 0 radical (unpaired) electrons. The Hall–Kier alpha value is -1.94. The maximum absolute atomic E-state index is 13.0. The van der Waals surface area contributed by atoms with Gasteiger partial charge in [0.1, 0.15) is 19.3 Å². The summed E-state index contributed by atoms with van der Waals surface area (Å²) in [5, 5.41) is 10.6. The first-order valence-corrected chi connectivity index (χ1v) is 38.5. The summed E-state index contributed by atoms with van der Waals surface area (Å²) in [6, 6.07) is 0. The Morgan fingerprint density at radius 3 is 0.782 bits per heavy atom. The van der Waals surface area contributed by atoms with Crippen LogP contribution in [0, 0.1) is 11.8 Å². The van der Waals surface area contributed by atoms with E-state index in [9.17, 15) is 43.2 Å². The highest BCUT2D eigenvalue weighted by atomic mass is 31.2. The zero-order valence-electron chi connectivity index (χ0n) is 56.3. The number of rotatable bonds is 67. The van der Waals surface area contributed by atoms with Gasteiger partial charge in [-0.05, 0) is 37.5 Å². The van der Waals surface area contributed by atoms with Crippen molar-refractivity contribution in [2.75, 3.05) is 39.6 Å². The molecule has 0 rings (SSSR count). The number of aliphatic hydroxyl groups excluding tert-OH is 1. The molecule has 0 heterocycles. The number of carbonyl (C=O) groups is 4. The number of phosphoric acid groups is 2. The van der Waals surface area contributed by atoms with Crippen LogP contribution in [-0.2, 0) is 65.4 Å². The normalized spacial score (nSPS) is 14.2. The molecule has 516 valence electrons. The highest BCUT2D eigenvalue weighted by Crippen LogP contribution is 2.45. The second kappa shape index (κ2) is 60.3. The number of unbranched alkanes of at least 4 members (excludes halogenated alkanes) is 37. The average Bonchev–Trinajstić information content (AvgIpc) is 3.56. The zero-order valence-corrected chi connectivity index (χ0v) is 58.1. The van der Waals surface area contributed by atoms with Crippen LogP contribution >= 0.6 is 15.6 Å². The summed E-state index contributed by atoms with van der Waals surface area (Å²) in [5.41, 5.74) is 0. The minimum atomic E-state index is -4.95. The van der Waals surface area contributed by atoms with Crippen molar-refractivity contribution in [2.45, 2.75) is 362 Å². The SMILES string of the molecule is CCCCCCCCCCCCCCCCCC(=O)O[C@H](COC(=O)CCCCCCCCCCCCCC(C)C)COP(=O)(O)OC[C@@H](O)COP(=O)(O)OC[C@@H](COC(=O)CCCCCCCCC)OC(=O)CCCCCCCCCCC(C)C. The summed E-state index contributed by atoms with van der Waals surface area (Å²) in [7, 11) is -9.89. The fourth-order valence-corrected chi connectivity index (χ4v) is 11.8. The number of hydrogen-bond acceptors (Lipinski definition) is 15. The van der Waals surface area contributed by atoms with E-state index in [1.54, 1.807) is 0 Å². The van der Waals surface area contributed by atoms with Gasteiger partial charge < -0.3 is 33.8 Å². The van der Waals surface area contributed by atoms with E-state index in [2.05, 4.69) is 41.5 Å². The van der Waals surface area contributed by atoms with Crippen molar-refractivity contribution in [2.24, 2.45) is 11.8 Å². The molecular weight excluding hydrogens is 1150 g/mol. The van der Waals surface area contributed by atoms with E-state index in [1.807, 2.05) is 0 Å². The Balaban J connectivity index is 5.21. The lowest BCUT2D eigenvalue weighted by atomic mass is 10.0. The predicted molar refractivity (Wildman–Crippen MR) is 349 cm³/mol. The van der Waals surface area contributed by atoms with Crippen LogP contribution in [0.25, 0.3) is 0 Å². The molecule has 5 atom stereocenters. The van der Waals surface area contributed by atoms with Crippen molar-refractivity contribution >= 4 is 39.5 Å². The minimum Gasteiger partial charge on any atom is -0.462 e. The summed E-state index contributed by atoms with van der Waals surface area (Å²) in [5.74, 6) is -0.642. The van der Waals surface area contributed by atoms with Crippen LogP contribution in [0.5, 0.6) is 0 Å². The quantitative estimate of drug-likeness (QED) is 0.0222. The molecule has 87 heavy (non-hydrogen) atoms. The molecule has 0 bridgehead atoms.